The van der Waals surface area contributed by atoms with E-state index in [0.717, 1.165) is 5.56 Å². The number of rotatable bonds is 6. The summed E-state index contributed by atoms with van der Waals surface area (Å²) < 4.78 is 6.60. The van der Waals surface area contributed by atoms with Crippen LogP contribution in [0, 0.1) is 0 Å². The Morgan fingerprint density at radius 1 is 1.07 bits per heavy atom. The second-order valence-electron chi connectivity index (χ2n) is 6.88. The molecule has 0 radical (unpaired) electrons. The zero-order valence-electron chi connectivity index (χ0n) is 16.6. The topological polar surface area (TPSA) is 102 Å². The Balaban J connectivity index is 1.67. The number of nitrogens with one attached hydrogen (secondary N) is 2. The van der Waals surface area contributed by atoms with Crippen LogP contribution in [0.25, 0.3) is 10.8 Å². The average Bonchev–Trinajstić information content (AvgIpc) is 2.76. The third kappa shape index (κ3) is 3.93. The number of aromatic nitrogens is 4. The summed E-state index contributed by atoms with van der Waals surface area (Å²) >= 11 is 0. The third-order valence-electron chi connectivity index (χ3n) is 4.79. The van der Waals surface area contributed by atoms with Crippen molar-refractivity contribution in [3.63, 3.8) is 0 Å². The van der Waals surface area contributed by atoms with E-state index in [4.69, 9.17) is 4.74 Å². The summed E-state index contributed by atoms with van der Waals surface area (Å²) in [4.78, 5) is 32.2. The van der Waals surface area contributed by atoms with Crippen LogP contribution in [0.5, 0.6) is 5.88 Å². The summed E-state index contributed by atoms with van der Waals surface area (Å²) in [7, 11) is 1.50. The molecule has 0 aliphatic carbocycles. The third-order valence-corrected chi connectivity index (χ3v) is 4.79. The second kappa shape index (κ2) is 8.20. The quantitative estimate of drug-likeness (QED) is 0.513. The van der Waals surface area contributed by atoms with Crippen molar-refractivity contribution in [2.75, 3.05) is 12.4 Å². The summed E-state index contributed by atoms with van der Waals surface area (Å²) in [5.74, 6) is 0.667. The maximum absolute atomic E-state index is 12.8. The van der Waals surface area contributed by atoms with Crippen molar-refractivity contribution in [1.29, 1.82) is 0 Å². The lowest BCUT2D eigenvalue weighted by Gasteiger charge is -2.15. The van der Waals surface area contributed by atoms with Gasteiger partial charge in [0, 0.05) is 6.07 Å². The van der Waals surface area contributed by atoms with Gasteiger partial charge in [0.2, 0.25) is 11.8 Å². The van der Waals surface area contributed by atoms with Crippen LogP contribution in [0.2, 0.25) is 0 Å². The van der Waals surface area contributed by atoms with Crippen LogP contribution in [-0.4, -0.2) is 26.9 Å². The molecule has 2 heterocycles. The number of hydrogen-bond donors (Lipinski definition) is 2. The summed E-state index contributed by atoms with van der Waals surface area (Å²) in [6.45, 7) is 2.01. The number of nitrogens with zero attached hydrogens (tertiary/aromatic N) is 3. The number of anilines is 1. The minimum atomic E-state index is -0.316. The van der Waals surface area contributed by atoms with Gasteiger partial charge in [-0.15, -0.1) is 5.10 Å². The van der Waals surface area contributed by atoms with Gasteiger partial charge in [0.25, 0.3) is 11.1 Å². The van der Waals surface area contributed by atoms with E-state index in [9.17, 15) is 9.59 Å². The molecule has 8 heteroatoms. The first-order valence-corrected chi connectivity index (χ1v) is 9.50. The Kier molecular flexibility index (Phi) is 5.30. The number of fused-ring (bicyclic) bond motifs is 1. The Hall–Kier alpha value is -3.94. The molecule has 0 spiro atoms. The molecule has 0 fully saturated rings. The molecule has 0 bridgehead atoms. The molecular weight excluding hydrogens is 382 g/mol. The van der Waals surface area contributed by atoms with E-state index in [1.807, 2.05) is 43.3 Å². The van der Waals surface area contributed by atoms with Gasteiger partial charge >= 0.3 is 0 Å². The van der Waals surface area contributed by atoms with Gasteiger partial charge < -0.3 is 10.1 Å². The van der Waals surface area contributed by atoms with Crippen molar-refractivity contribution < 1.29 is 4.74 Å². The van der Waals surface area contributed by atoms with Crippen LogP contribution in [0.15, 0.2) is 70.3 Å². The number of hydrogen-bond acceptors (Lipinski definition) is 6. The molecule has 0 aliphatic rings. The van der Waals surface area contributed by atoms with Crippen molar-refractivity contribution in [3.8, 4) is 5.88 Å². The van der Waals surface area contributed by atoms with Gasteiger partial charge in [0.15, 0.2) is 0 Å². The lowest BCUT2D eigenvalue weighted by Crippen LogP contribution is -2.26. The first kappa shape index (κ1) is 19.4. The predicted octanol–water partition coefficient (Wildman–Crippen LogP) is 2.71. The van der Waals surface area contributed by atoms with Crippen LogP contribution < -0.4 is 21.2 Å². The van der Waals surface area contributed by atoms with Crippen molar-refractivity contribution in [2.24, 2.45) is 0 Å². The maximum Gasteiger partial charge on any atom is 0.275 e. The van der Waals surface area contributed by atoms with E-state index < -0.39 is 0 Å². The number of ether oxygens (including phenoxy) is 1. The van der Waals surface area contributed by atoms with Crippen LogP contribution in [0.4, 0.5) is 5.95 Å². The number of methoxy groups -OCH3 is 1. The fourth-order valence-corrected chi connectivity index (χ4v) is 3.30. The highest BCUT2D eigenvalue weighted by atomic mass is 16.5. The Bertz CT molecular complexity index is 1300. The van der Waals surface area contributed by atoms with Gasteiger partial charge in [-0.2, -0.15) is 0 Å². The van der Waals surface area contributed by atoms with Crippen molar-refractivity contribution in [1.82, 2.24) is 19.7 Å². The average molecular weight is 403 g/mol. The summed E-state index contributed by atoms with van der Waals surface area (Å²) in [6, 6.07) is 18.2. The SMILES string of the molecule is COc1nn(Cc2cc(=O)[nH]c(NC(C)c3ccccc3)n2)c(=O)c2ccccc12. The second-order valence-corrected chi connectivity index (χ2v) is 6.88. The molecule has 1 atom stereocenters. The Morgan fingerprint density at radius 2 is 1.77 bits per heavy atom. The maximum atomic E-state index is 12.8. The molecule has 2 N–H and O–H groups in total. The summed E-state index contributed by atoms with van der Waals surface area (Å²) in [5, 5.41) is 8.61. The van der Waals surface area contributed by atoms with Crippen LogP contribution in [-0.2, 0) is 6.54 Å². The predicted molar refractivity (Wildman–Crippen MR) is 115 cm³/mol. The molecule has 4 rings (SSSR count). The fourth-order valence-electron chi connectivity index (χ4n) is 3.30. The van der Waals surface area contributed by atoms with E-state index in [2.05, 4.69) is 20.4 Å². The standard InChI is InChI=1S/C22H21N5O3/c1-14(15-8-4-3-5-9-15)23-22-24-16(12-19(28)25-22)13-27-21(29)18-11-7-6-10-17(18)20(26-27)30-2/h3-12,14H,13H2,1-2H3,(H2,23,24,25,28). The molecule has 4 aromatic rings. The molecule has 0 saturated heterocycles. The molecule has 0 amide bonds. The monoisotopic (exact) mass is 403 g/mol. The Labute approximate surface area is 172 Å². The first-order chi connectivity index (χ1) is 14.5. The first-order valence-electron chi connectivity index (χ1n) is 9.50. The van der Waals surface area contributed by atoms with Crippen LogP contribution in [0.1, 0.15) is 24.2 Å². The number of aromatic amines is 1. The number of H-pyrrole nitrogens is 1. The van der Waals surface area contributed by atoms with Crippen molar-refractivity contribution in [2.45, 2.75) is 19.5 Å². The highest BCUT2D eigenvalue weighted by Gasteiger charge is 2.13. The lowest BCUT2D eigenvalue weighted by molar-refractivity contribution is 0.385. The summed E-state index contributed by atoms with van der Waals surface area (Å²) in [5.41, 5.74) is 0.875. The van der Waals surface area contributed by atoms with E-state index in [1.54, 1.807) is 18.2 Å². The van der Waals surface area contributed by atoms with Crippen molar-refractivity contribution in [3.05, 3.63) is 92.6 Å². The van der Waals surface area contributed by atoms with Gasteiger partial charge in [-0.25, -0.2) is 9.67 Å². The fraction of sp³-hybridized carbons (Fsp3) is 0.182. The van der Waals surface area contributed by atoms with E-state index >= 15 is 0 Å². The van der Waals surface area contributed by atoms with Gasteiger partial charge in [-0.05, 0) is 24.6 Å². The van der Waals surface area contributed by atoms with Gasteiger partial charge in [0.1, 0.15) is 0 Å². The van der Waals surface area contributed by atoms with Crippen LogP contribution in [0.3, 0.4) is 0 Å². The zero-order chi connectivity index (χ0) is 21.1. The molecule has 30 heavy (non-hydrogen) atoms. The normalized spacial score (nSPS) is 11.9. The van der Waals surface area contributed by atoms with E-state index in [-0.39, 0.29) is 23.7 Å². The molecular formula is C22H21N5O3. The molecule has 0 saturated carbocycles. The summed E-state index contributed by atoms with van der Waals surface area (Å²) in [6.07, 6.45) is 0. The lowest BCUT2D eigenvalue weighted by atomic mass is 10.1. The van der Waals surface area contributed by atoms with Gasteiger partial charge in [-0.1, -0.05) is 42.5 Å². The highest BCUT2D eigenvalue weighted by Crippen LogP contribution is 2.20. The highest BCUT2D eigenvalue weighted by molar-refractivity contribution is 5.85. The molecule has 2 aromatic heterocycles. The zero-order valence-corrected chi connectivity index (χ0v) is 16.6. The van der Waals surface area contributed by atoms with Crippen LogP contribution >= 0.6 is 0 Å². The smallest absolute Gasteiger partial charge is 0.275 e. The minimum Gasteiger partial charge on any atom is -0.480 e. The molecule has 0 aliphatic heterocycles. The van der Waals surface area contributed by atoms with Gasteiger partial charge in [0.05, 0.1) is 36.2 Å². The molecule has 8 nitrogen and oxygen atoms in total. The number of benzene rings is 2. The van der Waals surface area contributed by atoms with Gasteiger partial charge in [-0.3, -0.25) is 14.6 Å². The minimum absolute atomic E-state index is 0.0400. The Morgan fingerprint density at radius 3 is 2.50 bits per heavy atom. The molecule has 2 aromatic carbocycles. The largest absolute Gasteiger partial charge is 0.480 e. The molecule has 1 unspecified atom stereocenters. The van der Waals surface area contributed by atoms with E-state index in [1.165, 1.54) is 17.9 Å². The van der Waals surface area contributed by atoms with E-state index in [0.29, 0.717) is 28.3 Å². The van der Waals surface area contributed by atoms with Crippen molar-refractivity contribution >= 4 is 16.7 Å². The molecule has 152 valence electrons.